The van der Waals surface area contributed by atoms with Crippen LogP contribution in [0.3, 0.4) is 0 Å². The average Bonchev–Trinajstić information content (AvgIpc) is 2.60. The van der Waals surface area contributed by atoms with Gasteiger partial charge in [-0.05, 0) is 48.2 Å². The van der Waals surface area contributed by atoms with Crippen LogP contribution < -0.4 is 15.4 Å². The highest BCUT2D eigenvalue weighted by molar-refractivity contribution is 5.94. The predicted octanol–water partition coefficient (Wildman–Crippen LogP) is 4.48. The zero-order chi connectivity index (χ0) is 19.1. The number of anilines is 2. The summed E-state index contributed by atoms with van der Waals surface area (Å²) >= 11 is 0. The third-order valence-electron chi connectivity index (χ3n) is 3.90. The Morgan fingerprint density at radius 2 is 1.65 bits per heavy atom. The molecule has 0 radical (unpaired) electrons. The van der Waals surface area contributed by atoms with Crippen LogP contribution in [0.25, 0.3) is 0 Å². The van der Waals surface area contributed by atoms with Crippen molar-refractivity contribution >= 4 is 23.2 Å². The zero-order valence-electron chi connectivity index (χ0n) is 15.8. The van der Waals surface area contributed by atoms with Crippen molar-refractivity contribution in [2.24, 2.45) is 0 Å². The highest BCUT2D eigenvalue weighted by atomic mass is 16.5. The maximum Gasteiger partial charge on any atom is 0.262 e. The van der Waals surface area contributed by atoms with Crippen LogP contribution in [0.5, 0.6) is 5.75 Å². The number of hydrogen-bond acceptors (Lipinski definition) is 3. The summed E-state index contributed by atoms with van der Waals surface area (Å²) in [4.78, 5) is 23.7. The second-order valence-electron chi connectivity index (χ2n) is 6.52. The van der Waals surface area contributed by atoms with Gasteiger partial charge in [0.15, 0.2) is 6.61 Å². The fourth-order valence-corrected chi connectivity index (χ4v) is 2.51. The van der Waals surface area contributed by atoms with Gasteiger partial charge in [0.05, 0.1) is 0 Å². The lowest BCUT2D eigenvalue weighted by Crippen LogP contribution is -2.20. The first-order chi connectivity index (χ1) is 12.4. The topological polar surface area (TPSA) is 67.4 Å². The molecule has 2 aromatic rings. The molecular formula is C21H26N2O3. The molecule has 2 aromatic carbocycles. The van der Waals surface area contributed by atoms with Gasteiger partial charge in [-0.15, -0.1) is 0 Å². The molecule has 5 heteroatoms. The summed E-state index contributed by atoms with van der Waals surface area (Å²) < 4.78 is 5.74. The van der Waals surface area contributed by atoms with E-state index in [4.69, 9.17) is 4.74 Å². The molecule has 0 aliphatic rings. The van der Waals surface area contributed by atoms with Crippen LogP contribution >= 0.6 is 0 Å². The first-order valence-corrected chi connectivity index (χ1v) is 8.82. The lowest BCUT2D eigenvalue weighted by atomic mass is 10.0. The molecule has 138 valence electrons. The largest absolute Gasteiger partial charge is 0.483 e. The zero-order valence-corrected chi connectivity index (χ0v) is 15.8. The van der Waals surface area contributed by atoms with Crippen molar-refractivity contribution in [2.75, 3.05) is 17.2 Å². The van der Waals surface area contributed by atoms with E-state index in [2.05, 4.69) is 24.5 Å². The highest BCUT2D eigenvalue weighted by Gasteiger charge is 2.11. The molecule has 0 aromatic heterocycles. The van der Waals surface area contributed by atoms with Crippen LogP contribution in [-0.2, 0) is 9.59 Å². The number of aryl methyl sites for hydroxylation is 1. The molecule has 0 aliphatic heterocycles. The highest BCUT2D eigenvalue weighted by Crippen LogP contribution is 2.27. The molecule has 0 heterocycles. The normalized spacial score (nSPS) is 10.5. The number of carbonyl (C=O) groups excluding carboxylic acids is 2. The smallest absolute Gasteiger partial charge is 0.262 e. The van der Waals surface area contributed by atoms with E-state index in [1.54, 1.807) is 31.2 Å². The molecule has 5 nitrogen and oxygen atoms in total. The molecule has 0 spiro atoms. The second kappa shape index (κ2) is 9.04. The van der Waals surface area contributed by atoms with Crippen molar-refractivity contribution in [1.82, 2.24) is 0 Å². The first-order valence-electron chi connectivity index (χ1n) is 8.82. The maximum absolute atomic E-state index is 12.2. The molecule has 0 saturated heterocycles. The molecule has 0 bridgehead atoms. The quantitative estimate of drug-likeness (QED) is 0.770. The molecule has 0 fully saturated rings. The fourth-order valence-electron chi connectivity index (χ4n) is 2.51. The molecule has 2 N–H and O–H groups in total. The number of rotatable bonds is 7. The Kier molecular flexibility index (Phi) is 6.78. The summed E-state index contributed by atoms with van der Waals surface area (Å²) in [6, 6.07) is 13.1. The summed E-state index contributed by atoms with van der Waals surface area (Å²) in [6.07, 6.45) is 0.402. The third kappa shape index (κ3) is 5.62. The Morgan fingerprint density at radius 3 is 2.27 bits per heavy atom. The molecule has 0 saturated carbocycles. The summed E-state index contributed by atoms with van der Waals surface area (Å²) in [5.41, 5.74) is 3.43. The summed E-state index contributed by atoms with van der Waals surface area (Å²) in [5, 5.41) is 5.56. The van der Waals surface area contributed by atoms with Crippen molar-refractivity contribution in [1.29, 1.82) is 0 Å². The van der Waals surface area contributed by atoms with Crippen LogP contribution in [0.4, 0.5) is 11.4 Å². The lowest BCUT2D eigenvalue weighted by molar-refractivity contribution is -0.118. The van der Waals surface area contributed by atoms with Crippen LogP contribution in [0.1, 0.15) is 44.2 Å². The van der Waals surface area contributed by atoms with E-state index in [1.165, 1.54) is 0 Å². The van der Waals surface area contributed by atoms with Gasteiger partial charge in [-0.1, -0.05) is 39.0 Å². The monoisotopic (exact) mass is 354 g/mol. The van der Waals surface area contributed by atoms with Gasteiger partial charge in [0.25, 0.3) is 5.91 Å². The van der Waals surface area contributed by atoms with Crippen LogP contribution in [0.15, 0.2) is 42.5 Å². The third-order valence-corrected chi connectivity index (χ3v) is 3.90. The molecule has 0 unspecified atom stereocenters. The number of nitrogens with one attached hydrogen (secondary N) is 2. The van der Waals surface area contributed by atoms with Gasteiger partial charge in [0.2, 0.25) is 5.91 Å². The SMILES string of the molecule is CCC(=O)Nc1cccc(NC(=O)COc2cc(C)ccc2C(C)C)c1. The summed E-state index contributed by atoms with van der Waals surface area (Å²) in [6.45, 7) is 7.89. The van der Waals surface area contributed by atoms with Gasteiger partial charge in [0, 0.05) is 17.8 Å². The van der Waals surface area contributed by atoms with E-state index in [1.807, 2.05) is 25.1 Å². The molecule has 0 atom stereocenters. The average molecular weight is 354 g/mol. The minimum absolute atomic E-state index is 0.0718. The van der Waals surface area contributed by atoms with Crippen LogP contribution in [0.2, 0.25) is 0 Å². The van der Waals surface area contributed by atoms with Gasteiger partial charge in [-0.3, -0.25) is 9.59 Å². The van der Waals surface area contributed by atoms with Crippen molar-refractivity contribution in [3.63, 3.8) is 0 Å². The molecule has 0 aliphatic carbocycles. The molecular weight excluding hydrogens is 328 g/mol. The lowest BCUT2D eigenvalue weighted by Gasteiger charge is -2.15. The summed E-state index contributed by atoms with van der Waals surface area (Å²) in [7, 11) is 0. The van der Waals surface area contributed by atoms with Crippen molar-refractivity contribution in [2.45, 2.75) is 40.0 Å². The number of hydrogen-bond donors (Lipinski definition) is 2. The van der Waals surface area contributed by atoms with E-state index in [0.717, 1.165) is 16.9 Å². The fraction of sp³-hybridized carbons (Fsp3) is 0.333. The van der Waals surface area contributed by atoms with E-state index in [-0.39, 0.29) is 18.4 Å². The number of carbonyl (C=O) groups is 2. The van der Waals surface area contributed by atoms with Crippen LogP contribution in [-0.4, -0.2) is 18.4 Å². The van der Waals surface area contributed by atoms with E-state index >= 15 is 0 Å². The first kappa shape index (κ1) is 19.5. The second-order valence-corrected chi connectivity index (χ2v) is 6.52. The minimum Gasteiger partial charge on any atom is -0.483 e. The molecule has 2 amide bonds. The Hall–Kier alpha value is -2.82. The summed E-state index contributed by atoms with van der Waals surface area (Å²) in [5.74, 6) is 0.726. The van der Waals surface area contributed by atoms with Crippen molar-refractivity contribution in [3.05, 3.63) is 53.6 Å². The van der Waals surface area contributed by atoms with Gasteiger partial charge >= 0.3 is 0 Å². The number of amides is 2. The molecule has 2 rings (SSSR count). The Labute approximate surface area is 154 Å². The maximum atomic E-state index is 12.2. The van der Waals surface area contributed by atoms with Crippen molar-refractivity contribution < 1.29 is 14.3 Å². The number of benzene rings is 2. The minimum atomic E-state index is -0.250. The van der Waals surface area contributed by atoms with Crippen molar-refractivity contribution in [3.8, 4) is 5.75 Å². The van der Waals surface area contributed by atoms with Gasteiger partial charge in [-0.25, -0.2) is 0 Å². The molecule has 26 heavy (non-hydrogen) atoms. The van der Waals surface area contributed by atoms with E-state index in [9.17, 15) is 9.59 Å². The van der Waals surface area contributed by atoms with Gasteiger partial charge in [-0.2, -0.15) is 0 Å². The van der Waals surface area contributed by atoms with E-state index in [0.29, 0.717) is 23.7 Å². The Bertz CT molecular complexity index is 785. The predicted molar refractivity (Wildman–Crippen MR) is 105 cm³/mol. The van der Waals surface area contributed by atoms with Crippen LogP contribution in [0, 0.1) is 6.92 Å². The standard InChI is InChI=1S/C21H26N2O3/c1-5-20(24)22-16-7-6-8-17(12-16)23-21(25)13-26-19-11-15(4)9-10-18(19)14(2)3/h6-12,14H,5,13H2,1-4H3,(H,22,24)(H,23,25). The Balaban J connectivity index is 1.98. The number of ether oxygens (including phenoxy) is 1. The van der Waals surface area contributed by atoms with Gasteiger partial charge < -0.3 is 15.4 Å². The van der Waals surface area contributed by atoms with Gasteiger partial charge in [0.1, 0.15) is 5.75 Å². The Morgan fingerprint density at radius 1 is 1.00 bits per heavy atom. The van der Waals surface area contributed by atoms with E-state index < -0.39 is 0 Å².